The summed E-state index contributed by atoms with van der Waals surface area (Å²) in [5.74, 6) is 0. The summed E-state index contributed by atoms with van der Waals surface area (Å²) in [7, 11) is 0. The molecule has 4 heteroatoms. The number of hydrogen-bond donors (Lipinski definition) is 1. The average molecular weight is 262 g/mol. The van der Waals surface area contributed by atoms with E-state index in [0.717, 1.165) is 29.3 Å². The first-order valence-corrected chi connectivity index (χ1v) is 7.03. The highest BCUT2D eigenvalue weighted by Crippen LogP contribution is 2.24. The Balaban J connectivity index is 2.15. The fourth-order valence-electron chi connectivity index (χ4n) is 1.72. The lowest BCUT2D eigenvalue weighted by molar-refractivity contribution is 0.134. The van der Waals surface area contributed by atoms with Gasteiger partial charge in [0.1, 0.15) is 5.01 Å². The molecular weight excluding hydrogens is 244 g/mol. The van der Waals surface area contributed by atoms with Crippen LogP contribution in [0, 0.1) is 0 Å². The van der Waals surface area contributed by atoms with Crippen LogP contribution < -0.4 is 5.73 Å². The van der Waals surface area contributed by atoms with Gasteiger partial charge in [0.05, 0.1) is 12.3 Å². The SMILES string of the molecule is CCOCc1cccc(-c2nc(CCN)cs2)c1. The standard InChI is InChI=1S/C14H18N2OS/c1-2-17-9-11-4-3-5-12(8-11)14-16-13(6-7-15)10-18-14/h3-5,8,10H,2,6-7,9,15H2,1H3. The molecule has 0 atom stereocenters. The zero-order valence-corrected chi connectivity index (χ0v) is 11.4. The van der Waals surface area contributed by atoms with Crippen LogP contribution in [-0.4, -0.2) is 18.1 Å². The molecule has 0 saturated heterocycles. The summed E-state index contributed by atoms with van der Waals surface area (Å²) in [6.07, 6.45) is 0.842. The van der Waals surface area contributed by atoms with E-state index in [1.54, 1.807) is 11.3 Å². The Morgan fingerprint density at radius 1 is 1.39 bits per heavy atom. The van der Waals surface area contributed by atoms with Crippen molar-refractivity contribution in [3.63, 3.8) is 0 Å². The van der Waals surface area contributed by atoms with E-state index in [-0.39, 0.29) is 0 Å². The molecule has 1 heterocycles. The van der Waals surface area contributed by atoms with Crippen molar-refractivity contribution in [1.29, 1.82) is 0 Å². The van der Waals surface area contributed by atoms with Gasteiger partial charge in [-0.05, 0) is 25.1 Å². The molecule has 0 bridgehead atoms. The number of nitrogens with zero attached hydrogens (tertiary/aromatic N) is 1. The summed E-state index contributed by atoms with van der Waals surface area (Å²) < 4.78 is 5.42. The number of hydrogen-bond acceptors (Lipinski definition) is 4. The minimum Gasteiger partial charge on any atom is -0.377 e. The minimum atomic E-state index is 0.646. The third-order valence-electron chi connectivity index (χ3n) is 2.60. The molecule has 0 saturated carbocycles. The first kappa shape index (κ1) is 13.2. The third-order valence-corrected chi connectivity index (χ3v) is 3.54. The maximum absolute atomic E-state index is 5.54. The molecule has 2 N–H and O–H groups in total. The van der Waals surface area contributed by atoms with E-state index in [9.17, 15) is 0 Å². The Labute approximate surface area is 112 Å². The van der Waals surface area contributed by atoms with Crippen molar-refractivity contribution in [2.45, 2.75) is 20.0 Å². The predicted octanol–water partition coefficient (Wildman–Crippen LogP) is 2.85. The van der Waals surface area contributed by atoms with E-state index in [2.05, 4.69) is 28.6 Å². The minimum absolute atomic E-state index is 0.646. The Morgan fingerprint density at radius 3 is 3.06 bits per heavy atom. The Kier molecular flexibility index (Phi) is 4.87. The van der Waals surface area contributed by atoms with Gasteiger partial charge in [0.2, 0.25) is 0 Å². The van der Waals surface area contributed by atoms with E-state index in [1.807, 2.05) is 13.0 Å². The summed E-state index contributed by atoms with van der Waals surface area (Å²) >= 11 is 1.67. The lowest BCUT2D eigenvalue weighted by atomic mass is 10.1. The van der Waals surface area contributed by atoms with E-state index in [4.69, 9.17) is 10.5 Å². The molecule has 0 unspecified atom stereocenters. The van der Waals surface area contributed by atoms with Crippen LogP contribution in [0.15, 0.2) is 29.6 Å². The van der Waals surface area contributed by atoms with Crippen molar-refractivity contribution in [2.75, 3.05) is 13.2 Å². The Bertz CT molecular complexity index is 496. The topological polar surface area (TPSA) is 48.1 Å². The predicted molar refractivity (Wildman–Crippen MR) is 75.6 cm³/mol. The molecule has 0 aliphatic rings. The van der Waals surface area contributed by atoms with Gasteiger partial charge in [-0.1, -0.05) is 18.2 Å². The van der Waals surface area contributed by atoms with Gasteiger partial charge >= 0.3 is 0 Å². The second-order valence-corrected chi connectivity index (χ2v) is 4.88. The Morgan fingerprint density at radius 2 is 2.28 bits per heavy atom. The van der Waals surface area contributed by atoms with Crippen LogP contribution in [0.25, 0.3) is 10.6 Å². The van der Waals surface area contributed by atoms with E-state index >= 15 is 0 Å². The lowest BCUT2D eigenvalue weighted by Crippen LogP contribution is -2.02. The van der Waals surface area contributed by atoms with Crippen LogP contribution in [0.3, 0.4) is 0 Å². The van der Waals surface area contributed by atoms with Crippen LogP contribution in [0.2, 0.25) is 0 Å². The third kappa shape index (κ3) is 3.38. The first-order valence-electron chi connectivity index (χ1n) is 6.15. The highest BCUT2D eigenvalue weighted by atomic mass is 32.1. The van der Waals surface area contributed by atoms with E-state index < -0.39 is 0 Å². The summed E-state index contributed by atoms with van der Waals surface area (Å²) in [5, 5.41) is 3.13. The van der Waals surface area contributed by atoms with Gasteiger partial charge < -0.3 is 10.5 Å². The summed E-state index contributed by atoms with van der Waals surface area (Å²) in [6.45, 7) is 4.05. The van der Waals surface area contributed by atoms with Gasteiger partial charge in [0.25, 0.3) is 0 Å². The molecule has 1 aromatic heterocycles. The molecular formula is C14H18N2OS. The summed E-state index contributed by atoms with van der Waals surface area (Å²) in [5.41, 5.74) is 8.95. The van der Waals surface area contributed by atoms with Crippen LogP contribution in [0.5, 0.6) is 0 Å². The van der Waals surface area contributed by atoms with Crippen LogP contribution in [-0.2, 0) is 17.8 Å². The van der Waals surface area contributed by atoms with E-state index in [0.29, 0.717) is 13.2 Å². The maximum atomic E-state index is 5.54. The van der Waals surface area contributed by atoms with Crippen molar-refractivity contribution < 1.29 is 4.74 Å². The second kappa shape index (κ2) is 6.64. The van der Waals surface area contributed by atoms with Crippen molar-refractivity contribution in [3.05, 3.63) is 40.9 Å². The highest BCUT2D eigenvalue weighted by molar-refractivity contribution is 7.13. The first-order chi connectivity index (χ1) is 8.83. The van der Waals surface area contributed by atoms with Crippen LogP contribution in [0.4, 0.5) is 0 Å². The molecule has 2 aromatic rings. The monoisotopic (exact) mass is 262 g/mol. The lowest BCUT2D eigenvalue weighted by Gasteiger charge is -2.03. The molecule has 0 aliphatic carbocycles. The van der Waals surface area contributed by atoms with Gasteiger partial charge in [0, 0.05) is 24.0 Å². The zero-order valence-electron chi connectivity index (χ0n) is 10.6. The number of thiazole rings is 1. The zero-order chi connectivity index (χ0) is 12.8. The molecule has 3 nitrogen and oxygen atoms in total. The fraction of sp³-hybridized carbons (Fsp3) is 0.357. The second-order valence-electron chi connectivity index (χ2n) is 4.02. The van der Waals surface area contributed by atoms with Crippen molar-refractivity contribution in [1.82, 2.24) is 4.98 Å². The van der Waals surface area contributed by atoms with Crippen molar-refractivity contribution in [3.8, 4) is 10.6 Å². The quantitative estimate of drug-likeness (QED) is 0.871. The molecule has 0 fully saturated rings. The van der Waals surface area contributed by atoms with E-state index in [1.165, 1.54) is 5.56 Å². The van der Waals surface area contributed by atoms with Gasteiger partial charge in [-0.2, -0.15) is 0 Å². The molecule has 18 heavy (non-hydrogen) atoms. The number of rotatable bonds is 6. The molecule has 0 spiro atoms. The maximum Gasteiger partial charge on any atom is 0.123 e. The van der Waals surface area contributed by atoms with Crippen molar-refractivity contribution in [2.24, 2.45) is 5.73 Å². The molecule has 96 valence electrons. The molecule has 2 rings (SSSR count). The number of benzene rings is 1. The number of nitrogens with two attached hydrogens (primary N) is 1. The fourth-order valence-corrected chi connectivity index (χ4v) is 2.57. The number of aromatic nitrogens is 1. The van der Waals surface area contributed by atoms with Crippen molar-refractivity contribution >= 4 is 11.3 Å². The summed E-state index contributed by atoms with van der Waals surface area (Å²) in [4.78, 5) is 4.59. The summed E-state index contributed by atoms with van der Waals surface area (Å²) in [6, 6.07) is 8.35. The molecule has 0 radical (unpaired) electrons. The van der Waals surface area contributed by atoms with Gasteiger partial charge in [0.15, 0.2) is 0 Å². The number of ether oxygens (including phenoxy) is 1. The molecule has 1 aromatic carbocycles. The average Bonchev–Trinajstić information content (AvgIpc) is 2.86. The van der Waals surface area contributed by atoms with Crippen LogP contribution >= 0.6 is 11.3 Å². The van der Waals surface area contributed by atoms with Gasteiger partial charge in [-0.15, -0.1) is 11.3 Å². The normalized spacial score (nSPS) is 10.8. The highest BCUT2D eigenvalue weighted by Gasteiger charge is 2.05. The smallest absolute Gasteiger partial charge is 0.123 e. The molecule has 0 amide bonds. The van der Waals surface area contributed by atoms with Gasteiger partial charge in [-0.3, -0.25) is 0 Å². The Hall–Kier alpha value is -1.23. The largest absolute Gasteiger partial charge is 0.377 e. The molecule has 0 aliphatic heterocycles. The van der Waals surface area contributed by atoms with Crippen LogP contribution in [0.1, 0.15) is 18.2 Å². The van der Waals surface area contributed by atoms with Gasteiger partial charge in [-0.25, -0.2) is 4.98 Å².